The summed E-state index contributed by atoms with van der Waals surface area (Å²) in [5.74, 6) is 1.30. The van der Waals surface area contributed by atoms with Crippen LogP contribution in [0.3, 0.4) is 0 Å². The van der Waals surface area contributed by atoms with Crippen molar-refractivity contribution in [2.24, 2.45) is 10.9 Å². The van der Waals surface area contributed by atoms with Gasteiger partial charge < -0.3 is 20.3 Å². The van der Waals surface area contributed by atoms with Gasteiger partial charge in [-0.25, -0.2) is 0 Å². The predicted octanol–water partition coefficient (Wildman–Crippen LogP) is 2.95. The average Bonchev–Trinajstić information content (AvgIpc) is 2.57. The number of piperidine rings is 1. The van der Waals surface area contributed by atoms with E-state index in [2.05, 4.69) is 32.3 Å². The summed E-state index contributed by atoms with van der Waals surface area (Å²) in [7, 11) is 3.81. The summed E-state index contributed by atoms with van der Waals surface area (Å²) >= 11 is 5.96. The van der Waals surface area contributed by atoms with Crippen molar-refractivity contribution in [1.29, 1.82) is 0 Å². The van der Waals surface area contributed by atoms with Crippen LogP contribution in [0.15, 0.2) is 23.2 Å². The molecule has 2 rings (SSSR count). The summed E-state index contributed by atoms with van der Waals surface area (Å²) in [6.45, 7) is 0.434. The van der Waals surface area contributed by atoms with Crippen LogP contribution in [0.5, 0.6) is 5.75 Å². The molecular weight excluding hydrogens is 350 g/mol. The van der Waals surface area contributed by atoms with Gasteiger partial charge in [0.15, 0.2) is 5.96 Å². The molecule has 1 heterocycles. The van der Waals surface area contributed by atoms with Crippen molar-refractivity contribution in [3.05, 3.63) is 28.8 Å². The molecule has 1 aliphatic heterocycles. The number of rotatable bonds is 6. The zero-order chi connectivity index (χ0) is 18.2. The topological polar surface area (TPSA) is 48.9 Å². The number of likely N-dealkylation sites (tertiary alicyclic amines) is 1. The van der Waals surface area contributed by atoms with Gasteiger partial charge >= 0.3 is 6.61 Å². The highest BCUT2D eigenvalue weighted by Crippen LogP contribution is 2.24. The minimum atomic E-state index is -2.87. The Labute approximate surface area is 152 Å². The Kier molecular flexibility index (Phi) is 7.71. The lowest BCUT2D eigenvalue weighted by Gasteiger charge is -2.30. The Hall–Kier alpha value is -1.60. The van der Waals surface area contributed by atoms with E-state index in [1.807, 2.05) is 0 Å². The van der Waals surface area contributed by atoms with Gasteiger partial charge in [0.25, 0.3) is 0 Å². The van der Waals surface area contributed by atoms with Gasteiger partial charge in [-0.1, -0.05) is 11.6 Å². The summed E-state index contributed by atoms with van der Waals surface area (Å²) in [4.78, 5) is 6.50. The van der Waals surface area contributed by atoms with Gasteiger partial charge in [-0.3, -0.25) is 4.99 Å². The predicted molar refractivity (Wildman–Crippen MR) is 96.5 cm³/mol. The van der Waals surface area contributed by atoms with Crippen LogP contribution in [0.1, 0.15) is 18.4 Å². The summed E-state index contributed by atoms with van der Waals surface area (Å²) in [6, 6.07) is 4.57. The molecule has 0 bridgehead atoms. The standard InChI is InChI=1S/C17H25ClF2N4O/c1-21-17(22-9-12-4-3-7-24(2)11-12)23-10-13-8-14(18)5-6-15(13)25-16(19)20/h5-6,8,12,16H,3-4,7,9-11H2,1-2H3,(H2,21,22,23). The number of ether oxygens (including phenoxy) is 1. The number of hydrogen-bond donors (Lipinski definition) is 2. The fourth-order valence-corrected chi connectivity index (χ4v) is 3.17. The fraction of sp³-hybridized carbons (Fsp3) is 0.588. The Morgan fingerprint density at radius 3 is 2.92 bits per heavy atom. The molecule has 0 aliphatic carbocycles. The number of halogens is 3. The average molecular weight is 375 g/mol. The molecule has 0 saturated carbocycles. The number of aliphatic imine (C=N–C) groups is 1. The first kappa shape index (κ1) is 19.7. The molecule has 1 fully saturated rings. The van der Waals surface area contributed by atoms with Gasteiger partial charge in [0, 0.05) is 37.3 Å². The summed E-state index contributed by atoms with van der Waals surface area (Å²) in [5, 5.41) is 6.88. The van der Waals surface area contributed by atoms with E-state index < -0.39 is 6.61 Å². The molecule has 8 heteroatoms. The van der Waals surface area contributed by atoms with E-state index >= 15 is 0 Å². The van der Waals surface area contributed by atoms with Crippen molar-refractivity contribution in [3.8, 4) is 5.75 Å². The summed E-state index contributed by atoms with van der Waals surface area (Å²) < 4.78 is 29.6. The van der Waals surface area contributed by atoms with Crippen LogP contribution in [0.25, 0.3) is 0 Å². The van der Waals surface area contributed by atoms with Crippen molar-refractivity contribution in [2.75, 3.05) is 33.7 Å². The molecule has 1 aromatic rings. The minimum absolute atomic E-state index is 0.108. The quantitative estimate of drug-likeness (QED) is 0.593. The van der Waals surface area contributed by atoms with Crippen molar-refractivity contribution >= 4 is 17.6 Å². The van der Waals surface area contributed by atoms with Gasteiger partial charge in [-0.05, 0) is 50.6 Å². The van der Waals surface area contributed by atoms with Crippen molar-refractivity contribution < 1.29 is 13.5 Å². The van der Waals surface area contributed by atoms with Gasteiger partial charge in [0.1, 0.15) is 5.75 Å². The Morgan fingerprint density at radius 1 is 1.44 bits per heavy atom. The number of benzene rings is 1. The van der Waals surface area contributed by atoms with Crippen molar-refractivity contribution in [2.45, 2.75) is 26.0 Å². The zero-order valence-electron chi connectivity index (χ0n) is 14.6. The molecule has 1 atom stereocenters. The highest BCUT2D eigenvalue weighted by molar-refractivity contribution is 6.30. The second-order valence-electron chi connectivity index (χ2n) is 6.21. The molecule has 140 valence electrons. The molecular formula is C17H25ClF2N4O. The van der Waals surface area contributed by atoms with E-state index in [-0.39, 0.29) is 12.3 Å². The highest BCUT2D eigenvalue weighted by atomic mass is 35.5. The van der Waals surface area contributed by atoms with Gasteiger partial charge in [-0.2, -0.15) is 8.78 Å². The SMILES string of the molecule is CN=C(NCc1cc(Cl)ccc1OC(F)F)NCC1CCCN(C)C1. The Balaban J connectivity index is 1.89. The molecule has 0 radical (unpaired) electrons. The number of hydrogen-bond acceptors (Lipinski definition) is 3. The van der Waals surface area contributed by atoms with Crippen molar-refractivity contribution in [3.63, 3.8) is 0 Å². The minimum Gasteiger partial charge on any atom is -0.434 e. The van der Waals surface area contributed by atoms with Gasteiger partial charge in [0.2, 0.25) is 0 Å². The van der Waals surface area contributed by atoms with Crippen LogP contribution >= 0.6 is 11.6 Å². The molecule has 0 amide bonds. The van der Waals surface area contributed by atoms with E-state index in [9.17, 15) is 8.78 Å². The maximum absolute atomic E-state index is 12.5. The first-order chi connectivity index (χ1) is 12.0. The van der Waals surface area contributed by atoms with Crippen LogP contribution in [-0.4, -0.2) is 51.2 Å². The van der Waals surface area contributed by atoms with Crippen LogP contribution < -0.4 is 15.4 Å². The lowest BCUT2D eigenvalue weighted by atomic mass is 9.99. The lowest BCUT2D eigenvalue weighted by molar-refractivity contribution is -0.0504. The molecule has 0 spiro atoms. The summed E-state index contributed by atoms with van der Waals surface area (Å²) in [6.07, 6.45) is 2.39. The molecule has 5 nitrogen and oxygen atoms in total. The van der Waals surface area contributed by atoms with E-state index in [1.165, 1.54) is 25.0 Å². The number of alkyl halides is 2. The molecule has 1 aromatic carbocycles. The largest absolute Gasteiger partial charge is 0.434 e. The summed E-state index contributed by atoms with van der Waals surface area (Å²) in [5.41, 5.74) is 0.549. The Morgan fingerprint density at radius 2 is 2.24 bits per heavy atom. The second-order valence-corrected chi connectivity index (χ2v) is 6.64. The number of nitrogens with one attached hydrogen (secondary N) is 2. The van der Waals surface area contributed by atoms with Gasteiger partial charge in [0.05, 0.1) is 0 Å². The maximum Gasteiger partial charge on any atom is 0.387 e. The molecule has 1 aliphatic rings. The molecule has 1 unspecified atom stereocenters. The molecule has 1 saturated heterocycles. The third kappa shape index (κ3) is 6.66. The monoisotopic (exact) mass is 374 g/mol. The third-order valence-corrected chi connectivity index (χ3v) is 4.42. The zero-order valence-corrected chi connectivity index (χ0v) is 15.3. The van der Waals surface area contributed by atoms with E-state index in [0.717, 1.165) is 19.6 Å². The van der Waals surface area contributed by atoms with E-state index in [0.29, 0.717) is 22.5 Å². The van der Waals surface area contributed by atoms with Crippen LogP contribution in [0, 0.1) is 5.92 Å². The first-order valence-corrected chi connectivity index (χ1v) is 8.72. The van der Waals surface area contributed by atoms with Crippen LogP contribution in [0.4, 0.5) is 8.78 Å². The molecule has 25 heavy (non-hydrogen) atoms. The van der Waals surface area contributed by atoms with Crippen LogP contribution in [0.2, 0.25) is 5.02 Å². The van der Waals surface area contributed by atoms with Crippen molar-refractivity contribution in [1.82, 2.24) is 15.5 Å². The van der Waals surface area contributed by atoms with Gasteiger partial charge in [-0.15, -0.1) is 0 Å². The van der Waals surface area contributed by atoms with E-state index in [1.54, 1.807) is 13.1 Å². The Bertz CT molecular complexity index is 586. The lowest BCUT2D eigenvalue weighted by Crippen LogP contribution is -2.43. The third-order valence-electron chi connectivity index (χ3n) is 4.19. The fourth-order valence-electron chi connectivity index (χ4n) is 2.98. The maximum atomic E-state index is 12.5. The molecule has 0 aromatic heterocycles. The van der Waals surface area contributed by atoms with E-state index in [4.69, 9.17) is 11.6 Å². The highest BCUT2D eigenvalue weighted by Gasteiger charge is 2.17. The smallest absolute Gasteiger partial charge is 0.387 e. The number of nitrogens with zero attached hydrogens (tertiary/aromatic N) is 2. The molecule has 2 N–H and O–H groups in total. The second kappa shape index (κ2) is 9.77. The number of guanidine groups is 1. The van der Waals surface area contributed by atoms with Crippen LogP contribution in [-0.2, 0) is 6.54 Å². The normalized spacial score (nSPS) is 19.1. The first-order valence-electron chi connectivity index (χ1n) is 8.34.